The molecule has 0 radical (unpaired) electrons. The Morgan fingerprint density at radius 1 is 1.21 bits per heavy atom. The largest absolute Gasteiger partial charge is 0.316 e. The van der Waals surface area contributed by atoms with E-state index in [1.165, 1.54) is 22.3 Å². The smallest absolute Gasteiger partial charge is 0.0661 e. The van der Waals surface area contributed by atoms with Crippen LogP contribution in [0.3, 0.4) is 0 Å². The van der Waals surface area contributed by atoms with Gasteiger partial charge in [0.25, 0.3) is 0 Å². The van der Waals surface area contributed by atoms with Crippen molar-refractivity contribution in [2.24, 2.45) is 0 Å². The average Bonchev–Trinajstić information content (AvgIpc) is 2.77. The summed E-state index contributed by atoms with van der Waals surface area (Å²) >= 11 is 6.13. The summed E-state index contributed by atoms with van der Waals surface area (Å²) in [4.78, 5) is 4.63. The first-order valence-electron chi connectivity index (χ1n) is 8.79. The third-order valence-electron chi connectivity index (χ3n) is 4.80. The normalized spacial score (nSPS) is 18.4. The van der Waals surface area contributed by atoms with Gasteiger partial charge in [-0.05, 0) is 75.9 Å². The Balaban J connectivity index is 1.73. The molecule has 1 fully saturated rings. The van der Waals surface area contributed by atoms with Crippen LogP contribution in [0, 0.1) is 0 Å². The molecule has 2 nitrogen and oxygen atoms in total. The molecule has 0 atom stereocenters. The van der Waals surface area contributed by atoms with E-state index in [-0.39, 0.29) is 0 Å². The predicted octanol–water partition coefficient (Wildman–Crippen LogP) is 5.18. The van der Waals surface area contributed by atoms with Gasteiger partial charge in [0.1, 0.15) is 0 Å². The quantitative estimate of drug-likeness (QED) is 0.816. The number of nitrogens with zero attached hydrogens (tertiary/aromatic N) is 1. The molecule has 0 saturated carbocycles. The molecule has 1 aliphatic carbocycles. The summed E-state index contributed by atoms with van der Waals surface area (Å²) < 4.78 is 0. The molecule has 1 aromatic rings. The van der Waals surface area contributed by atoms with Crippen LogP contribution in [0.15, 0.2) is 58.3 Å². The third-order valence-corrected chi connectivity index (χ3v) is 5.08. The van der Waals surface area contributed by atoms with Crippen molar-refractivity contribution in [3.63, 3.8) is 0 Å². The number of allylic oxidation sites excluding steroid dienone is 6. The van der Waals surface area contributed by atoms with Crippen molar-refractivity contribution in [3.05, 3.63) is 69.6 Å². The first kappa shape index (κ1) is 17.2. The zero-order chi connectivity index (χ0) is 16.8. The molecule has 0 spiro atoms. The lowest BCUT2D eigenvalue weighted by atomic mass is 9.96. The van der Waals surface area contributed by atoms with Crippen LogP contribution >= 0.6 is 11.6 Å². The highest BCUT2D eigenvalue weighted by Gasteiger charge is 2.09. The number of hydrogen-bond donors (Lipinski definition) is 1. The maximum atomic E-state index is 6.13. The number of nitrogens with one attached hydrogen (secondary N) is 1. The van der Waals surface area contributed by atoms with Crippen LogP contribution in [-0.4, -0.2) is 18.1 Å². The monoisotopic (exact) mass is 340 g/mol. The Morgan fingerprint density at radius 2 is 2.04 bits per heavy atom. The zero-order valence-electron chi connectivity index (χ0n) is 14.3. The molecule has 0 aromatic carbocycles. The van der Waals surface area contributed by atoms with Gasteiger partial charge in [-0.1, -0.05) is 46.5 Å². The lowest BCUT2D eigenvalue weighted by Crippen LogP contribution is -2.23. The van der Waals surface area contributed by atoms with E-state index >= 15 is 0 Å². The number of aromatic nitrogens is 1. The molecule has 1 saturated heterocycles. The summed E-state index contributed by atoms with van der Waals surface area (Å²) in [5.74, 6) is 0. The van der Waals surface area contributed by atoms with Gasteiger partial charge in [-0.3, -0.25) is 4.98 Å². The maximum absolute atomic E-state index is 6.13. The van der Waals surface area contributed by atoms with Crippen molar-refractivity contribution >= 4 is 17.7 Å². The van der Waals surface area contributed by atoms with Gasteiger partial charge < -0.3 is 5.32 Å². The van der Waals surface area contributed by atoms with Crippen molar-refractivity contribution in [3.8, 4) is 0 Å². The standard InChI is InChI=1S/C21H25ClN2/c1-16-4-8-20(22)9-7-18(16)5-6-19-3-2-12-24-21(19)15-17-10-13-23-14-11-17/h2-4,8-9,12,15,23H,5-7,10-11,13-14H2,1H3. The molecule has 126 valence electrons. The van der Waals surface area contributed by atoms with Gasteiger partial charge in [0.2, 0.25) is 0 Å². The van der Waals surface area contributed by atoms with E-state index in [4.69, 9.17) is 11.6 Å². The minimum absolute atomic E-state index is 0.835. The van der Waals surface area contributed by atoms with E-state index in [2.05, 4.69) is 41.5 Å². The second-order valence-corrected chi connectivity index (χ2v) is 6.95. The maximum Gasteiger partial charge on any atom is 0.0661 e. The summed E-state index contributed by atoms with van der Waals surface area (Å²) in [6.45, 7) is 4.34. The molecule has 3 heteroatoms. The molecular formula is C21H25ClN2. The highest BCUT2D eigenvalue weighted by Crippen LogP contribution is 2.25. The van der Waals surface area contributed by atoms with Gasteiger partial charge >= 0.3 is 0 Å². The van der Waals surface area contributed by atoms with Gasteiger partial charge in [0.15, 0.2) is 0 Å². The van der Waals surface area contributed by atoms with E-state index in [1.807, 2.05) is 18.3 Å². The number of pyridine rings is 1. The van der Waals surface area contributed by atoms with Crippen LogP contribution < -0.4 is 5.32 Å². The fourth-order valence-electron chi connectivity index (χ4n) is 3.23. The van der Waals surface area contributed by atoms with E-state index in [0.717, 1.165) is 55.9 Å². The summed E-state index contributed by atoms with van der Waals surface area (Å²) in [7, 11) is 0. The molecule has 1 aliphatic heterocycles. The Bertz CT molecular complexity index is 702. The summed E-state index contributed by atoms with van der Waals surface area (Å²) in [6.07, 6.45) is 15.7. The number of aryl methyl sites for hydroxylation is 1. The number of halogens is 1. The van der Waals surface area contributed by atoms with Crippen LogP contribution in [0.1, 0.15) is 43.9 Å². The lowest BCUT2D eigenvalue weighted by molar-refractivity contribution is 0.613. The van der Waals surface area contributed by atoms with Gasteiger partial charge in [-0.15, -0.1) is 0 Å². The second kappa shape index (κ2) is 8.46. The molecule has 2 aliphatic rings. The topological polar surface area (TPSA) is 24.9 Å². The molecule has 2 heterocycles. The fraction of sp³-hybridized carbons (Fsp3) is 0.381. The SMILES string of the molecule is CC1=C(CCc2cccnc2C=C2CCNCC2)CC=C(Cl)C=C1. The molecular weight excluding hydrogens is 316 g/mol. The first-order valence-corrected chi connectivity index (χ1v) is 9.16. The number of rotatable bonds is 4. The first-order chi connectivity index (χ1) is 11.7. The van der Waals surface area contributed by atoms with Crippen LogP contribution in [0.4, 0.5) is 0 Å². The minimum atomic E-state index is 0.835. The Hall–Kier alpha value is -1.64. The fourth-order valence-corrected chi connectivity index (χ4v) is 3.37. The Morgan fingerprint density at radius 3 is 2.88 bits per heavy atom. The second-order valence-electron chi connectivity index (χ2n) is 6.51. The number of piperidine rings is 1. The van der Waals surface area contributed by atoms with Crippen molar-refractivity contribution in [1.82, 2.24) is 10.3 Å². The van der Waals surface area contributed by atoms with Gasteiger partial charge in [-0.2, -0.15) is 0 Å². The van der Waals surface area contributed by atoms with Crippen molar-refractivity contribution < 1.29 is 0 Å². The van der Waals surface area contributed by atoms with Crippen molar-refractivity contribution in [2.45, 2.75) is 39.0 Å². The molecule has 1 aromatic heterocycles. The molecule has 0 unspecified atom stereocenters. The van der Waals surface area contributed by atoms with Crippen LogP contribution in [-0.2, 0) is 6.42 Å². The zero-order valence-corrected chi connectivity index (χ0v) is 15.1. The molecule has 3 rings (SSSR count). The summed E-state index contributed by atoms with van der Waals surface area (Å²) in [5, 5.41) is 4.24. The van der Waals surface area contributed by atoms with Gasteiger partial charge in [0, 0.05) is 11.2 Å². The van der Waals surface area contributed by atoms with Gasteiger partial charge in [-0.25, -0.2) is 0 Å². The van der Waals surface area contributed by atoms with Gasteiger partial charge in [0.05, 0.1) is 5.69 Å². The van der Waals surface area contributed by atoms with Crippen molar-refractivity contribution in [2.75, 3.05) is 13.1 Å². The predicted molar refractivity (Wildman–Crippen MR) is 103 cm³/mol. The molecule has 24 heavy (non-hydrogen) atoms. The third kappa shape index (κ3) is 4.68. The Labute approximate surface area is 150 Å². The van der Waals surface area contributed by atoms with E-state index in [1.54, 1.807) is 0 Å². The number of hydrogen-bond acceptors (Lipinski definition) is 2. The van der Waals surface area contributed by atoms with E-state index < -0.39 is 0 Å². The summed E-state index contributed by atoms with van der Waals surface area (Å²) in [6, 6.07) is 4.26. The highest BCUT2D eigenvalue weighted by molar-refractivity contribution is 6.31. The van der Waals surface area contributed by atoms with Crippen LogP contribution in [0.2, 0.25) is 0 Å². The lowest BCUT2D eigenvalue weighted by Gasteiger charge is -2.16. The van der Waals surface area contributed by atoms with E-state index in [0.29, 0.717) is 0 Å². The molecule has 0 amide bonds. The average molecular weight is 341 g/mol. The van der Waals surface area contributed by atoms with Crippen molar-refractivity contribution in [1.29, 1.82) is 0 Å². The Kier molecular flexibility index (Phi) is 6.06. The van der Waals surface area contributed by atoms with Crippen LogP contribution in [0.5, 0.6) is 0 Å². The highest BCUT2D eigenvalue weighted by atomic mass is 35.5. The van der Waals surface area contributed by atoms with E-state index in [9.17, 15) is 0 Å². The molecule has 1 N–H and O–H groups in total. The summed E-state index contributed by atoms with van der Waals surface area (Å²) in [5.41, 5.74) is 6.80. The minimum Gasteiger partial charge on any atom is -0.316 e. The molecule has 0 bridgehead atoms. The van der Waals surface area contributed by atoms with Crippen LogP contribution in [0.25, 0.3) is 6.08 Å².